The van der Waals surface area contributed by atoms with Crippen LogP contribution < -0.4 is 10.6 Å². The number of nitrogens with one attached hydrogen (secondary N) is 2. The minimum Gasteiger partial charge on any atom is -0.352 e. The second-order valence-electron chi connectivity index (χ2n) is 10.2. The minimum absolute atomic E-state index is 0.0141. The van der Waals surface area contributed by atoms with E-state index in [1.165, 1.54) is 29.8 Å². The summed E-state index contributed by atoms with van der Waals surface area (Å²) in [6, 6.07) is 16.2. The highest BCUT2D eigenvalue weighted by atomic mass is 16.1. The van der Waals surface area contributed by atoms with Gasteiger partial charge in [0.25, 0.3) is 5.91 Å². The number of nitrogens with zero attached hydrogens (tertiary/aromatic N) is 2. The van der Waals surface area contributed by atoms with Crippen molar-refractivity contribution in [2.75, 3.05) is 38.5 Å². The third kappa shape index (κ3) is 8.81. The van der Waals surface area contributed by atoms with Gasteiger partial charge < -0.3 is 15.5 Å². The van der Waals surface area contributed by atoms with Crippen molar-refractivity contribution in [3.05, 3.63) is 65.2 Å². The lowest BCUT2D eigenvalue weighted by molar-refractivity contribution is 0.0953. The minimum atomic E-state index is 0.0141. The summed E-state index contributed by atoms with van der Waals surface area (Å²) >= 11 is 0. The number of hydrogen-bond acceptors (Lipinski definition) is 3. The number of aryl methyl sites for hydroxylation is 2. The van der Waals surface area contributed by atoms with Crippen LogP contribution in [0.15, 0.2) is 53.5 Å². The van der Waals surface area contributed by atoms with Gasteiger partial charge in [-0.25, -0.2) is 0 Å². The lowest BCUT2D eigenvalue weighted by atomic mass is 10.0. The maximum absolute atomic E-state index is 12.1. The molecule has 1 heterocycles. The average molecular weight is 477 g/mol. The van der Waals surface area contributed by atoms with Gasteiger partial charge in [-0.2, -0.15) is 0 Å². The fourth-order valence-corrected chi connectivity index (χ4v) is 4.60. The Morgan fingerprint density at radius 3 is 2.63 bits per heavy atom. The molecule has 190 valence electrons. The zero-order valence-corrected chi connectivity index (χ0v) is 22.1. The van der Waals surface area contributed by atoms with Crippen LogP contribution in [0.3, 0.4) is 0 Å². The second kappa shape index (κ2) is 14.0. The fourth-order valence-electron chi connectivity index (χ4n) is 4.60. The first-order valence-corrected chi connectivity index (χ1v) is 13.4. The molecule has 35 heavy (non-hydrogen) atoms. The van der Waals surface area contributed by atoms with E-state index in [9.17, 15) is 4.79 Å². The number of rotatable bonds is 12. The van der Waals surface area contributed by atoms with Gasteiger partial charge in [-0.1, -0.05) is 50.6 Å². The molecule has 1 fully saturated rings. The van der Waals surface area contributed by atoms with Gasteiger partial charge in [-0.15, -0.1) is 0 Å². The molecule has 2 aromatic carbocycles. The number of aliphatic imine (C=N–C) groups is 1. The number of amidine groups is 1. The van der Waals surface area contributed by atoms with E-state index in [0.717, 1.165) is 63.1 Å². The van der Waals surface area contributed by atoms with Gasteiger partial charge in [0.05, 0.1) is 0 Å². The summed E-state index contributed by atoms with van der Waals surface area (Å²) in [5.74, 6) is 2.24. The smallest absolute Gasteiger partial charge is 0.251 e. The third-order valence-corrected chi connectivity index (χ3v) is 7.11. The SMILES string of the molecule is CCC(C)C(=NCC1CCN(C)C1)Nc1ccc(CCCCCNC(=O)c2ccccc2)cc1C. The summed E-state index contributed by atoms with van der Waals surface area (Å²) in [5, 5.41) is 6.68. The number of hydrogen-bond donors (Lipinski definition) is 2. The summed E-state index contributed by atoms with van der Waals surface area (Å²) < 4.78 is 0. The van der Waals surface area contributed by atoms with E-state index >= 15 is 0 Å². The van der Waals surface area contributed by atoms with E-state index in [0.29, 0.717) is 11.8 Å². The maximum Gasteiger partial charge on any atom is 0.251 e. The van der Waals surface area contributed by atoms with E-state index in [4.69, 9.17) is 4.99 Å². The Kier molecular flexibility index (Phi) is 10.8. The standard InChI is InChI=1S/C30H44N4O/c1-5-23(2)29(32-21-26-17-19-34(4)22-26)33-28-16-15-25(20-24(28)3)12-8-7-11-18-31-30(35)27-13-9-6-10-14-27/h6,9-10,13-16,20,23,26H,5,7-8,11-12,17-19,21-22H2,1-4H3,(H,31,35)(H,32,33). The van der Waals surface area contributed by atoms with Crippen molar-refractivity contribution < 1.29 is 4.79 Å². The Labute approximate surface area is 212 Å². The monoisotopic (exact) mass is 476 g/mol. The molecule has 1 aliphatic heterocycles. The van der Waals surface area contributed by atoms with Gasteiger partial charge in [0.1, 0.15) is 5.84 Å². The summed E-state index contributed by atoms with van der Waals surface area (Å²) in [5.41, 5.74) is 4.54. The predicted molar refractivity (Wildman–Crippen MR) is 148 cm³/mol. The van der Waals surface area contributed by atoms with Crippen LogP contribution in [-0.2, 0) is 6.42 Å². The van der Waals surface area contributed by atoms with Crippen LogP contribution in [0.5, 0.6) is 0 Å². The van der Waals surface area contributed by atoms with Gasteiger partial charge in [-0.05, 0) is 87.9 Å². The molecule has 5 heteroatoms. The molecular formula is C30H44N4O. The van der Waals surface area contributed by atoms with Crippen molar-refractivity contribution in [1.29, 1.82) is 0 Å². The van der Waals surface area contributed by atoms with E-state index in [-0.39, 0.29) is 5.91 Å². The number of anilines is 1. The lowest BCUT2D eigenvalue weighted by Crippen LogP contribution is -2.24. The van der Waals surface area contributed by atoms with E-state index in [1.807, 2.05) is 30.3 Å². The first-order chi connectivity index (χ1) is 17.0. The summed E-state index contributed by atoms with van der Waals surface area (Å²) in [6.07, 6.45) is 6.64. The lowest BCUT2D eigenvalue weighted by Gasteiger charge is -2.19. The van der Waals surface area contributed by atoms with Crippen LogP contribution in [0.4, 0.5) is 5.69 Å². The van der Waals surface area contributed by atoms with Gasteiger partial charge in [0, 0.05) is 36.8 Å². The van der Waals surface area contributed by atoms with Crippen molar-refractivity contribution in [3.8, 4) is 0 Å². The number of carbonyl (C=O) groups is 1. The van der Waals surface area contributed by atoms with Gasteiger partial charge in [0.15, 0.2) is 0 Å². The van der Waals surface area contributed by atoms with Gasteiger partial charge in [0.2, 0.25) is 0 Å². The Hall–Kier alpha value is -2.66. The first kappa shape index (κ1) is 26.9. The number of likely N-dealkylation sites (tertiary alicyclic amines) is 1. The summed E-state index contributed by atoms with van der Waals surface area (Å²) in [4.78, 5) is 19.5. The van der Waals surface area contributed by atoms with E-state index < -0.39 is 0 Å². The molecule has 0 bridgehead atoms. The van der Waals surface area contributed by atoms with Gasteiger partial charge >= 0.3 is 0 Å². The highest BCUT2D eigenvalue weighted by molar-refractivity contribution is 5.97. The third-order valence-electron chi connectivity index (χ3n) is 7.11. The van der Waals surface area contributed by atoms with Crippen LogP contribution in [0, 0.1) is 18.8 Å². The normalized spacial score (nSPS) is 17.4. The molecular weight excluding hydrogens is 432 g/mol. The molecule has 1 aliphatic rings. The molecule has 1 saturated heterocycles. The zero-order valence-electron chi connectivity index (χ0n) is 22.1. The average Bonchev–Trinajstić information content (AvgIpc) is 3.29. The number of benzene rings is 2. The highest BCUT2D eigenvalue weighted by Crippen LogP contribution is 2.21. The topological polar surface area (TPSA) is 56.7 Å². The van der Waals surface area contributed by atoms with Crippen molar-refractivity contribution in [2.45, 2.75) is 59.3 Å². The zero-order chi connectivity index (χ0) is 25.0. The van der Waals surface area contributed by atoms with Crippen LogP contribution >= 0.6 is 0 Å². The van der Waals surface area contributed by atoms with Crippen molar-refractivity contribution in [3.63, 3.8) is 0 Å². The van der Waals surface area contributed by atoms with Crippen LogP contribution in [-0.4, -0.2) is 49.9 Å². The van der Waals surface area contributed by atoms with E-state index in [1.54, 1.807) is 0 Å². The Morgan fingerprint density at radius 2 is 1.94 bits per heavy atom. The van der Waals surface area contributed by atoms with Crippen molar-refractivity contribution in [2.24, 2.45) is 16.8 Å². The molecule has 0 aromatic heterocycles. The molecule has 3 rings (SSSR count). The molecule has 0 radical (unpaired) electrons. The molecule has 0 spiro atoms. The number of unbranched alkanes of at least 4 members (excludes halogenated alkanes) is 2. The molecule has 2 N–H and O–H groups in total. The summed E-state index contributed by atoms with van der Waals surface area (Å²) in [6.45, 7) is 10.7. The quantitative estimate of drug-likeness (QED) is 0.226. The highest BCUT2D eigenvalue weighted by Gasteiger charge is 2.20. The van der Waals surface area contributed by atoms with Crippen molar-refractivity contribution in [1.82, 2.24) is 10.2 Å². The largest absolute Gasteiger partial charge is 0.352 e. The molecule has 2 unspecified atom stereocenters. The first-order valence-electron chi connectivity index (χ1n) is 13.4. The number of amides is 1. The molecule has 5 nitrogen and oxygen atoms in total. The number of carbonyl (C=O) groups excluding carboxylic acids is 1. The van der Waals surface area contributed by atoms with Crippen molar-refractivity contribution >= 4 is 17.4 Å². The Balaban J connectivity index is 1.43. The second-order valence-corrected chi connectivity index (χ2v) is 10.2. The fraction of sp³-hybridized carbons (Fsp3) is 0.533. The summed E-state index contributed by atoms with van der Waals surface area (Å²) in [7, 11) is 2.20. The Morgan fingerprint density at radius 1 is 1.14 bits per heavy atom. The molecule has 0 aliphatic carbocycles. The molecule has 2 aromatic rings. The molecule has 2 atom stereocenters. The van der Waals surface area contributed by atoms with Crippen LogP contribution in [0.2, 0.25) is 0 Å². The van der Waals surface area contributed by atoms with Crippen LogP contribution in [0.25, 0.3) is 0 Å². The van der Waals surface area contributed by atoms with E-state index in [2.05, 4.69) is 61.6 Å². The predicted octanol–water partition coefficient (Wildman–Crippen LogP) is 5.95. The Bertz CT molecular complexity index is 956. The maximum atomic E-state index is 12.1. The van der Waals surface area contributed by atoms with Gasteiger partial charge in [-0.3, -0.25) is 9.79 Å². The molecule has 0 saturated carbocycles. The van der Waals surface area contributed by atoms with Crippen LogP contribution in [0.1, 0.15) is 67.4 Å². The molecule has 1 amide bonds.